The smallest absolute Gasteiger partial charge is 0.338 e. The van der Waals surface area contributed by atoms with Gasteiger partial charge < -0.3 is 14.6 Å². The van der Waals surface area contributed by atoms with Gasteiger partial charge in [0, 0.05) is 11.1 Å². The summed E-state index contributed by atoms with van der Waals surface area (Å²) in [5.74, 6) is -1.66. The fourth-order valence-corrected chi connectivity index (χ4v) is 2.80. The van der Waals surface area contributed by atoms with Crippen LogP contribution in [0.2, 0.25) is 0 Å². The van der Waals surface area contributed by atoms with Crippen molar-refractivity contribution in [1.82, 2.24) is 0 Å². The fourth-order valence-electron chi connectivity index (χ4n) is 2.80. The molecule has 34 heavy (non-hydrogen) atoms. The molecule has 0 aliphatic rings. The molecule has 8 heteroatoms. The van der Waals surface area contributed by atoms with Crippen LogP contribution in [0.4, 0.5) is 11.4 Å². The molecular formula is C26H22N2O6. The highest BCUT2D eigenvalue weighted by atomic mass is 16.6. The van der Waals surface area contributed by atoms with Crippen LogP contribution < -0.4 is 0 Å². The molecule has 0 radical (unpaired) electrons. The molecule has 3 aromatic carbocycles. The lowest BCUT2D eigenvalue weighted by Crippen LogP contribution is -2.14. The van der Waals surface area contributed by atoms with Crippen molar-refractivity contribution >= 4 is 29.1 Å². The first-order valence-corrected chi connectivity index (χ1v) is 10.3. The Morgan fingerprint density at radius 1 is 0.824 bits per heavy atom. The van der Waals surface area contributed by atoms with Crippen molar-refractivity contribution in [3.8, 4) is 5.75 Å². The lowest BCUT2D eigenvalue weighted by molar-refractivity contribution is -0.140. The van der Waals surface area contributed by atoms with E-state index in [1.54, 1.807) is 48.5 Å². The number of azo groups is 1. The van der Waals surface area contributed by atoms with Gasteiger partial charge in [-0.3, -0.25) is 4.79 Å². The summed E-state index contributed by atoms with van der Waals surface area (Å²) in [5.41, 5.74) is 1.78. The van der Waals surface area contributed by atoms with Gasteiger partial charge >= 0.3 is 11.9 Å². The molecule has 0 spiro atoms. The summed E-state index contributed by atoms with van der Waals surface area (Å²) in [5, 5.41) is 18.3. The molecule has 1 N–H and O–H groups in total. The Labute approximate surface area is 196 Å². The molecule has 0 aromatic heterocycles. The Morgan fingerprint density at radius 2 is 1.47 bits per heavy atom. The van der Waals surface area contributed by atoms with Crippen LogP contribution in [-0.4, -0.2) is 36.0 Å². The number of nitrogens with zero attached hydrogens (tertiary/aromatic N) is 2. The monoisotopic (exact) mass is 458 g/mol. The van der Waals surface area contributed by atoms with Crippen LogP contribution in [0.25, 0.3) is 0 Å². The summed E-state index contributed by atoms with van der Waals surface area (Å²) in [6.45, 7) is 4.81. The molecule has 0 amide bonds. The zero-order valence-corrected chi connectivity index (χ0v) is 18.4. The van der Waals surface area contributed by atoms with E-state index in [1.807, 2.05) is 0 Å². The summed E-state index contributed by atoms with van der Waals surface area (Å²) < 4.78 is 9.96. The number of aromatic hydroxyl groups is 1. The SMILES string of the molecule is C=C(C)C(=O)OCCOC(=O)c1cccc(/N=N/c2ccc(O)c(C(=O)c3ccccc3)c2)c1. The number of ether oxygens (including phenoxy) is 2. The van der Waals surface area contributed by atoms with Crippen LogP contribution >= 0.6 is 0 Å². The predicted octanol–water partition coefficient (Wildman–Crippen LogP) is 5.31. The molecule has 0 atom stereocenters. The van der Waals surface area contributed by atoms with Gasteiger partial charge in [-0.05, 0) is 43.3 Å². The molecular weight excluding hydrogens is 436 g/mol. The van der Waals surface area contributed by atoms with E-state index in [1.165, 1.54) is 31.2 Å². The van der Waals surface area contributed by atoms with Gasteiger partial charge in [0.15, 0.2) is 5.78 Å². The number of phenols is 1. The number of phenolic OH excluding ortho intramolecular Hbond substituents is 1. The van der Waals surface area contributed by atoms with Crippen LogP contribution in [0.3, 0.4) is 0 Å². The number of rotatable bonds is 9. The third-order valence-corrected chi connectivity index (χ3v) is 4.52. The van der Waals surface area contributed by atoms with Gasteiger partial charge in [-0.2, -0.15) is 10.2 Å². The third-order valence-electron chi connectivity index (χ3n) is 4.52. The summed E-state index contributed by atoms with van der Waals surface area (Å²) >= 11 is 0. The Kier molecular flexibility index (Phi) is 8.02. The van der Waals surface area contributed by atoms with Crippen molar-refractivity contribution in [3.05, 3.63) is 102 Å². The molecule has 0 unspecified atom stereocenters. The van der Waals surface area contributed by atoms with E-state index in [0.29, 0.717) is 16.9 Å². The van der Waals surface area contributed by atoms with Crippen LogP contribution in [-0.2, 0) is 14.3 Å². The highest BCUT2D eigenvalue weighted by Gasteiger charge is 2.14. The number of hydrogen-bond acceptors (Lipinski definition) is 8. The van der Waals surface area contributed by atoms with Crippen LogP contribution in [0, 0.1) is 0 Å². The van der Waals surface area contributed by atoms with Gasteiger partial charge in [0.1, 0.15) is 19.0 Å². The van der Waals surface area contributed by atoms with Crippen molar-refractivity contribution in [2.75, 3.05) is 13.2 Å². The van der Waals surface area contributed by atoms with Gasteiger partial charge in [0.25, 0.3) is 0 Å². The number of hydrogen-bond donors (Lipinski definition) is 1. The van der Waals surface area contributed by atoms with Crippen LogP contribution in [0.15, 0.2) is 95.2 Å². The average molecular weight is 458 g/mol. The van der Waals surface area contributed by atoms with Crippen LogP contribution in [0.1, 0.15) is 33.2 Å². The van der Waals surface area contributed by atoms with E-state index in [9.17, 15) is 19.5 Å². The van der Waals surface area contributed by atoms with Crippen molar-refractivity contribution in [3.63, 3.8) is 0 Å². The summed E-state index contributed by atoms with van der Waals surface area (Å²) in [7, 11) is 0. The lowest BCUT2D eigenvalue weighted by Gasteiger charge is -2.06. The van der Waals surface area contributed by atoms with Crippen molar-refractivity contribution in [1.29, 1.82) is 0 Å². The number of carbonyl (C=O) groups is 3. The topological polar surface area (TPSA) is 115 Å². The van der Waals surface area contributed by atoms with E-state index in [-0.39, 0.29) is 41.4 Å². The van der Waals surface area contributed by atoms with E-state index >= 15 is 0 Å². The molecule has 0 fully saturated rings. The van der Waals surface area contributed by atoms with Gasteiger partial charge in [0.05, 0.1) is 22.5 Å². The zero-order chi connectivity index (χ0) is 24.5. The Hall–Kier alpha value is -4.59. The summed E-state index contributed by atoms with van der Waals surface area (Å²) in [6.07, 6.45) is 0. The second-order valence-corrected chi connectivity index (χ2v) is 7.20. The average Bonchev–Trinajstić information content (AvgIpc) is 2.86. The quantitative estimate of drug-likeness (QED) is 0.153. The van der Waals surface area contributed by atoms with Gasteiger partial charge in [-0.15, -0.1) is 0 Å². The summed E-state index contributed by atoms with van der Waals surface area (Å²) in [6, 6.07) is 19.2. The zero-order valence-electron chi connectivity index (χ0n) is 18.4. The molecule has 0 saturated heterocycles. The normalized spacial score (nSPS) is 10.6. The number of carbonyl (C=O) groups excluding carboxylic acids is 3. The largest absolute Gasteiger partial charge is 0.507 e. The molecule has 0 heterocycles. The number of esters is 2. The highest BCUT2D eigenvalue weighted by Crippen LogP contribution is 2.27. The van der Waals surface area contributed by atoms with E-state index in [2.05, 4.69) is 16.8 Å². The minimum atomic E-state index is -0.608. The maximum Gasteiger partial charge on any atom is 0.338 e. The van der Waals surface area contributed by atoms with E-state index in [0.717, 1.165) is 0 Å². The van der Waals surface area contributed by atoms with Crippen molar-refractivity contribution in [2.45, 2.75) is 6.92 Å². The lowest BCUT2D eigenvalue weighted by atomic mass is 10.0. The van der Waals surface area contributed by atoms with Gasteiger partial charge in [0.2, 0.25) is 0 Å². The van der Waals surface area contributed by atoms with Gasteiger partial charge in [-0.25, -0.2) is 9.59 Å². The minimum Gasteiger partial charge on any atom is -0.507 e. The number of benzene rings is 3. The molecule has 0 saturated carbocycles. The summed E-state index contributed by atoms with van der Waals surface area (Å²) in [4.78, 5) is 36.2. The Morgan fingerprint density at radius 3 is 2.18 bits per heavy atom. The second kappa shape index (κ2) is 11.3. The molecule has 3 rings (SSSR count). The van der Waals surface area contributed by atoms with Crippen LogP contribution in [0.5, 0.6) is 5.75 Å². The second-order valence-electron chi connectivity index (χ2n) is 7.20. The Balaban J connectivity index is 1.66. The van der Waals surface area contributed by atoms with Crippen molar-refractivity contribution in [2.24, 2.45) is 10.2 Å². The highest BCUT2D eigenvalue weighted by molar-refractivity contribution is 6.11. The van der Waals surface area contributed by atoms with Crippen molar-refractivity contribution < 1.29 is 29.0 Å². The van der Waals surface area contributed by atoms with E-state index < -0.39 is 11.9 Å². The molecule has 3 aromatic rings. The first-order valence-electron chi connectivity index (χ1n) is 10.3. The number of ketones is 1. The maximum atomic E-state index is 12.7. The molecule has 0 aliphatic heterocycles. The van der Waals surface area contributed by atoms with E-state index in [4.69, 9.17) is 9.47 Å². The van der Waals surface area contributed by atoms with Gasteiger partial charge in [-0.1, -0.05) is 43.0 Å². The maximum absolute atomic E-state index is 12.7. The molecule has 0 bridgehead atoms. The molecule has 8 nitrogen and oxygen atoms in total. The molecule has 172 valence electrons. The standard InChI is InChI=1S/C26H22N2O6/c1-17(2)25(31)33-13-14-34-26(32)19-9-6-10-20(15-19)27-28-21-11-12-23(29)22(16-21)24(30)18-7-4-3-5-8-18/h3-12,15-16,29H,1,13-14H2,2H3/b28-27+. The first kappa shape index (κ1) is 24.1. The third kappa shape index (κ3) is 6.46. The fraction of sp³-hybridized carbons (Fsp3) is 0.115. The Bertz CT molecular complexity index is 1250. The molecule has 0 aliphatic carbocycles. The predicted molar refractivity (Wildman–Crippen MR) is 125 cm³/mol. The minimum absolute atomic E-state index is 0.0816. The first-order chi connectivity index (χ1) is 16.3.